The molecule has 1 rings (SSSR count). The lowest BCUT2D eigenvalue weighted by atomic mass is 10.1. The quantitative estimate of drug-likeness (QED) is 0.490. The van der Waals surface area contributed by atoms with Crippen LogP contribution in [-0.4, -0.2) is 12.1 Å². The number of hydrogen-bond acceptors (Lipinski definition) is 2. The zero-order chi connectivity index (χ0) is 15.7. The Kier molecular flexibility index (Phi) is 7.84. The summed E-state index contributed by atoms with van der Waals surface area (Å²) in [4.78, 5) is 0. The van der Waals surface area contributed by atoms with Crippen LogP contribution < -0.4 is 10.1 Å². The molecule has 0 aliphatic rings. The van der Waals surface area contributed by atoms with Crippen LogP contribution in [0, 0.1) is 0 Å². The summed E-state index contributed by atoms with van der Waals surface area (Å²) in [5.41, 5.74) is 1.19. The first kappa shape index (κ1) is 18.1. The molecule has 0 heterocycles. The molecular formula is C18H28ClNO. The molecule has 21 heavy (non-hydrogen) atoms. The average molecular weight is 310 g/mol. The van der Waals surface area contributed by atoms with Crippen molar-refractivity contribution in [2.75, 3.05) is 6.61 Å². The first-order valence-electron chi connectivity index (χ1n) is 7.69. The number of rotatable bonds is 9. The monoisotopic (exact) mass is 309 g/mol. The second-order valence-electron chi connectivity index (χ2n) is 6.34. The van der Waals surface area contributed by atoms with Crippen molar-refractivity contribution in [1.82, 2.24) is 5.32 Å². The van der Waals surface area contributed by atoms with Crippen LogP contribution in [0.1, 0.15) is 52.0 Å². The van der Waals surface area contributed by atoms with Crippen LogP contribution in [0.5, 0.6) is 5.75 Å². The Morgan fingerprint density at radius 1 is 1.24 bits per heavy atom. The first-order valence-corrected chi connectivity index (χ1v) is 8.07. The smallest absolute Gasteiger partial charge is 0.123 e. The van der Waals surface area contributed by atoms with Gasteiger partial charge in [-0.3, -0.25) is 0 Å². The third-order valence-corrected chi connectivity index (χ3v) is 3.38. The van der Waals surface area contributed by atoms with Gasteiger partial charge in [-0.2, -0.15) is 0 Å². The van der Waals surface area contributed by atoms with E-state index in [0.717, 1.165) is 42.3 Å². The predicted molar refractivity (Wildman–Crippen MR) is 92.2 cm³/mol. The van der Waals surface area contributed by atoms with Crippen LogP contribution in [0.25, 0.3) is 0 Å². The molecule has 0 bridgehead atoms. The highest BCUT2D eigenvalue weighted by Gasteiger charge is 2.11. The van der Waals surface area contributed by atoms with Crippen molar-refractivity contribution in [3.8, 4) is 5.75 Å². The molecule has 0 amide bonds. The van der Waals surface area contributed by atoms with Gasteiger partial charge < -0.3 is 10.1 Å². The van der Waals surface area contributed by atoms with Crippen LogP contribution in [0.15, 0.2) is 30.9 Å². The Balaban J connectivity index is 2.50. The highest BCUT2D eigenvalue weighted by atomic mass is 35.5. The minimum absolute atomic E-state index is 0.0737. The first-order chi connectivity index (χ1) is 9.92. The summed E-state index contributed by atoms with van der Waals surface area (Å²) in [6.45, 7) is 11.7. The normalized spacial score (nSPS) is 11.4. The van der Waals surface area contributed by atoms with Crippen LogP contribution in [0.2, 0.25) is 5.02 Å². The molecule has 1 aromatic carbocycles. The molecule has 2 nitrogen and oxygen atoms in total. The van der Waals surface area contributed by atoms with Gasteiger partial charge in [-0.1, -0.05) is 17.7 Å². The maximum Gasteiger partial charge on any atom is 0.123 e. The predicted octanol–water partition coefficient (Wildman–Crippen LogP) is 5.35. The molecule has 1 N–H and O–H groups in total. The van der Waals surface area contributed by atoms with Crippen molar-refractivity contribution in [2.24, 2.45) is 0 Å². The minimum Gasteiger partial charge on any atom is -0.493 e. The van der Waals surface area contributed by atoms with E-state index in [1.807, 2.05) is 24.3 Å². The fourth-order valence-corrected chi connectivity index (χ4v) is 2.13. The lowest BCUT2D eigenvalue weighted by Crippen LogP contribution is -2.35. The summed E-state index contributed by atoms with van der Waals surface area (Å²) >= 11 is 6.09. The number of allylic oxidation sites excluding steroid dienone is 1. The Morgan fingerprint density at radius 3 is 2.67 bits per heavy atom. The van der Waals surface area contributed by atoms with Gasteiger partial charge in [-0.25, -0.2) is 0 Å². The summed E-state index contributed by atoms with van der Waals surface area (Å²) in [6, 6.07) is 5.83. The average Bonchev–Trinajstić information content (AvgIpc) is 2.41. The summed E-state index contributed by atoms with van der Waals surface area (Å²) < 4.78 is 5.91. The fraction of sp³-hybridized carbons (Fsp3) is 0.556. The van der Waals surface area contributed by atoms with Gasteiger partial charge in [0.15, 0.2) is 0 Å². The van der Waals surface area contributed by atoms with Crippen LogP contribution >= 0.6 is 11.6 Å². The van der Waals surface area contributed by atoms with E-state index in [0.29, 0.717) is 0 Å². The van der Waals surface area contributed by atoms with Gasteiger partial charge >= 0.3 is 0 Å². The van der Waals surface area contributed by atoms with E-state index in [-0.39, 0.29) is 5.54 Å². The zero-order valence-corrected chi connectivity index (χ0v) is 14.3. The zero-order valence-electron chi connectivity index (χ0n) is 13.5. The van der Waals surface area contributed by atoms with E-state index in [1.54, 1.807) is 0 Å². The highest BCUT2D eigenvalue weighted by Crippen LogP contribution is 2.24. The van der Waals surface area contributed by atoms with Gasteiger partial charge in [0.05, 0.1) is 6.61 Å². The molecule has 3 heteroatoms. The second-order valence-corrected chi connectivity index (χ2v) is 6.78. The molecule has 0 aliphatic carbocycles. The summed E-state index contributed by atoms with van der Waals surface area (Å²) in [6.07, 6.45) is 6.49. The molecule has 0 unspecified atom stereocenters. The number of benzene rings is 1. The third-order valence-electron chi connectivity index (χ3n) is 3.14. The van der Waals surface area contributed by atoms with E-state index in [4.69, 9.17) is 16.3 Å². The minimum atomic E-state index is 0.0737. The molecule has 0 aliphatic heterocycles. The molecule has 0 atom stereocenters. The van der Waals surface area contributed by atoms with Gasteiger partial charge in [0.1, 0.15) is 5.75 Å². The number of hydrogen-bond donors (Lipinski definition) is 1. The third kappa shape index (κ3) is 8.13. The highest BCUT2D eigenvalue weighted by molar-refractivity contribution is 6.30. The number of unbranched alkanes of at least 4 members (excludes halogenated alkanes) is 3. The molecule has 0 aromatic heterocycles. The standard InChI is InChI=1S/C18H28ClNO/c1-5-6-7-8-9-12-21-17-11-10-16(19)13-15(17)14-20-18(2,3)4/h5,10-11,13,20H,1,6-9,12,14H2,2-4H3. The van der Waals surface area contributed by atoms with E-state index >= 15 is 0 Å². The molecule has 0 radical (unpaired) electrons. The van der Waals surface area contributed by atoms with Crippen molar-refractivity contribution in [3.05, 3.63) is 41.4 Å². The Bertz CT molecular complexity index is 437. The van der Waals surface area contributed by atoms with Crippen molar-refractivity contribution < 1.29 is 4.74 Å². The maximum atomic E-state index is 6.09. The molecule has 0 spiro atoms. The van der Waals surface area contributed by atoms with E-state index in [1.165, 1.54) is 12.8 Å². The Labute approximate surface area is 134 Å². The lowest BCUT2D eigenvalue weighted by molar-refractivity contribution is 0.300. The van der Waals surface area contributed by atoms with E-state index in [9.17, 15) is 0 Å². The van der Waals surface area contributed by atoms with Crippen LogP contribution in [-0.2, 0) is 6.54 Å². The largest absolute Gasteiger partial charge is 0.493 e. The van der Waals surface area contributed by atoms with Crippen LogP contribution in [0.4, 0.5) is 0 Å². The molecule has 0 fully saturated rings. The van der Waals surface area contributed by atoms with E-state index < -0.39 is 0 Å². The van der Waals surface area contributed by atoms with Gasteiger partial charge in [-0.05, 0) is 64.7 Å². The Morgan fingerprint density at radius 2 is 2.00 bits per heavy atom. The number of halogens is 1. The van der Waals surface area contributed by atoms with Crippen molar-refractivity contribution >= 4 is 11.6 Å². The molecule has 118 valence electrons. The summed E-state index contributed by atoms with van der Waals surface area (Å²) in [7, 11) is 0. The molecule has 0 saturated carbocycles. The SMILES string of the molecule is C=CCCCCCOc1ccc(Cl)cc1CNC(C)(C)C. The Hall–Kier alpha value is -0.990. The number of nitrogens with one attached hydrogen (secondary N) is 1. The van der Waals surface area contributed by atoms with Gasteiger partial charge in [0.25, 0.3) is 0 Å². The second kappa shape index (κ2) is 9.11. The molecular weight excluding hydrogens is 282 g/mol. The van der Waals surface area contributed by atoms with Gasteiger partial charge in [0.2, 0.25) is 0 Å². The fourth-order valence-electron chi connectivity index (χ4n) is 1.94. The summed E-state index contributed by atoms with van der Waals surface area (Å²) in [5.74, 6) is 0.930. The molecule has 1 aromatic rings. The van der Waals surface area contributed by atoms with Gasteiger partial charge in [-0.15, -0.1) is 6.58 Å². The van der Waals surface area contributed by atoms with Crippen molar-refractivity contribution in [1.29, 1.82) is 0 Å². The molecule has 0 saturated heterocycles. The lowest BCUT2D eigenvalue weighted by Gasteiger charge is -2.22. The van der Waals surface area contributed by atoms with E-state index in [2.05, 4.69) is 32.7 Å². The maximum absolute atomic E-state index is 6.09. The summed E-state index contributed by atoms with van der Waals surface area (Å²) in [5, 5.41) is 4.22. The van der Waals surface area contributed by atoms with Gasteiger partial charge in [0, 0.05) is 22.7 Å². The van der Waals surface area contributed by atoms with Crippen LogP contribution in [0.3, 0.4) is 0 Å². The topological polar surface area (TPSA) is 21.3 Å². The van der Waals surface area contributed by atoms with Crippen molar-refractivity contribution in [3.63, 3.8) is 0 Å². The number of ether oxygens (including phenoxy) is 1. The van der Waals surface area contributed by atoms with Crippen molar-refractivity contribution in [2.45, 2.75) is 58.5 Å².